The molecule has 0 radical (unpaired) electrons. The summed E-state index contributed by atoms with van der Waals surface area (Å²) in [5.74, 6) is 0. The summed E-state index contributed by atoms with van der Waals surface area (Å²) in [6.07, 6.45) is -6.65. The molecule has 1 aliphatic rings. The molecule has 1 aliphatic heterocycles. The smallest absolute Gasteiger partial charge is 0.382 e. The SMILES string of the molecule is FC(F)(F)C1CC(c2cc(Cl)cc(Cl)c2)=NO1. The first-order chi connectivity index (χ1) is 7.86. The van der Waals surface area contributed by atoms with E-state index in [9.17, 15) is 13.2 Å². The van der Waals surface area contributed by atoms with Crippen LogP contribution in [0, 0.1) is 0 Å². The lowest BCUT2D eigenvalue weighted by Gasteiger charge is -2.11. The Morgan fingerprint density at radius 2 is 1.76 bits per heavy atom. The van der Waals surface area contributed by atoms with Gasteiger partial charge in [-0.05, 0) is 18.2 Å². The van der Waals surface area contributed by atoms with Gasteiger partial charge in [0.15, 0.2) is 0 Å². The Morgan fingerprint density at radius 3 is 2.24 bits per heavy atom. The predicted octanol–water partition coefficient (Wildman–Crippen LogP) is 4.05. The van der Waals surface area contributed by atoms with Crippen molar-refractivity contribution in [3.63, 3.8) is 0 Å². The van der Waals surface area contributed by atoms with Crippen molar-refractivity contribution in [3.8, 4) is 0 Å². The van der Waals surface area contributed by atoms with Gasteiger partial charge in [-0.25, -0.2) is 0 Å². The van der Waals surface area contributed by atoms with Crippen LogP contribution < -0.4 is 0 Å². The lowest BCUT2D eigenvalue weighted by molar-refractivity contribution is -0.212. The zero-order valence-corrected chi connectivity index (χ0v) is 9.77. The molecule has 0 aromatic heterocycles. The molecule has 0 amide bonds. The Kier molecular flexibility index (Phi) is 3.23. The Morgan fingerprint density at radius 1 is 1.18 bits per heavy atom. The number of benzene rings is 1. The van der Waals surface area contributed by atoms with Crippen LogP contribution in [0.1, 0.15) is 12.0 Å². The van der Waals surface area contributed by atoms with Crippen LogP contribution in [0.5, 0.6) is 0 Å². The van der Waals surface area contributed by atoms with Gasteiger partial charge in [-0.15, -0.1) is 0 Å². The molecule has 7 heteroatoms. The largest absolute Gasteiger partial charge is 0.428 e. The first-order valence-electron chi connectivity index (χ1n) is 4.62. The predicted molar refractivity (Wildman–Crippen MR) is 58.5 cm³/mol. The highest BCUT2D eigenvalue weighted by molar-refractivity contribution is 6.35. The van der Waals surface area contributed by atoms with Gasteiger partial charge in [0.2, 0.25) is 6.10 Å². The monoisotopic (exact) mass is 283 g/mol. The molecule has 1 unspecified atom stereocenters. The number of rotatable bonds is 1. The molecule has 2 nitrogen and oxygen atoms in total. The van der Waals surface area contributed by atoms with E-state index < -0.39 is 12.3 Å². The van der Waals surface area contributed by atoms with Crippen LogP contribution >= 0.6 is 23.2 Å². The van der Waals surface area contributed by atoms with E-state index >= 15 is 0 Å². The minimum Gasteiger partial charge on any atom is -0.382 e. The second-order valence-corrected chi connectivity index (χ2v) is 4.41. The van der Waals surface area contributed by atoms with Crippen LogP contribution in [0.25, 0.3) is 0 Å². The normalized spacial score (nSPS) is 20.1. The quantitative estimate of drug-likeness (QED) is 0.762. The van der Waals surface area contributed by atoms with Gasteiger partial charge in [0.05, 0.1) is 5.71 Å². The zero-order chi connectivity index (χ0) is 12.6. The van der Waals surface area contributed by atoms with E-state index in [0.717, 1.165) is 0 Å². The van der Waals surface area contributed by atoms with Crippen molar-refractivity contribution < 1.29 is 18.0 Å². The Labute approximate surface area is 105 Å². The summed E-state index contributed by atoms with van der Waals surface area (Å²) in [5, 5.41) is 4.09. The maximum absolute atomic E-state index is 12.4. The first kappa shape index (κ1) is 12.5. The number of halogens is 5. The van der Waals surface area contributed by atoms with Gasteiger partial charge in [0.25, 0.3) is 0 Å². The van der Waals surface area contributed by atoms with E-state index in [2.05, 4.69) is 9.99 Å². The fourth-order valence-electron chi connectivity index (χ4n) is 1.44. The Balaban J connectivity index is 2.21. The topological polar surface area (TPSA) is 21.6 Å². The second kappa shape index (κ2) is 4.38. The van der Waals surface area contributed by atoms with Gasteiger partial charge in [-0.1, -0.05) is 28.4 Å². The summed E-state index contributed by atoms with van der Waals surface area (Å²) in [5.41, 5.74) is 0.631. The van der Waals surface area contributed by atoms with Gasteiger partial charge >= 0.3 is 6.18 Å². The molecule has 0 N–H and O–H groups in total. The van der Waals surface area contributed by atoms with Crippen molar-refractivity contribution >= 4 is 28.9 Å². The molecular formula is C10H6Cl2F3NO. The number of nitrogens with zero attached hydrogens (tertiary/aromatic N) is 1. The second-order valence-electron chi connectivity index (χ2n) is 3.54. The average Bonchev–Trinajstić information content (AvgIpc) is 2.63. The van der Waals surface area contributed by atoms with E-state index in [0.29, 0.717) is 15.6 Å². The third-order valence-electron chi connectivity index (χ3n) is 2.23. The summed E-state index contributed by atoms with van der Waals surface area (Å²) in [6.45, 7) is 0. The van der Waals surface area contributed by atoms with Crippen LogP contribution in [0.3, 0.4) is 0 Å². The van der Waals surface area contributed by atoms with E-state index in [1.54, 1.807) is 0 Å². The highest BCUT2D eigenvalue weighted by Crippen LogP contribution is 2.31. The Hall–Kier alpha value is -0.940. The van der Waals surface area contributed by atoms with Crippen molar-refractivity contribution in [2.75, 3.05) is 0 Å². The zero-order valence-electron chi connectivity index (χ0n) is 8.26. The molecule has 0 aliphatic carbocycles. The van der Waals surface area contributed by atoms with Gasteiger partial charge in [0, 0.05) is 22.0 Å². The third kappa shape index (κ3) is 2.84. The summed E-state index contributed by atoms with van der Waals surface area (Å²) < 4.78 is 37.1. The van der Waals surface area contributed by atoms with Crippen LogP contribution in [0.2, 0.25) is 10.0 Å². The number of hydrogen-bond donors (Lipinski definition) is 0. The van der Waals surface area contributed by atoms with Gasteiger partial charge in [0.1, 0.15) is 0 Å². The fraction of sp³-hybridized carbons (Fsp3) is 0.300. The first-order valence-corrected chi connectivity index (χ1v) is 5.38. The average molecular weight is 284 g/mol. The Bertz CT molecular complexity index is 453. The standard InChI is InChI=1S/C10H6Cl2F3NO/c11-6-1-5(2-7(12)3-6)8-4-9(17-16-8)10(13,14)15/h1-3,9H,4H2. The van der Waals surface area contributed by atoms with Crippen molar-refractivity contribution in [2.45, 2.75) is 18.7 Å². The van der Waals surface area contributed by atoms with Crippen molar-refractivity contribution in [1.29, 1.82) is 0 Å². The molecule has 2 rings (SSSR count). The van der Waals surface area contributed by atoms with E-state index in [-0.39, 0.29) is 12.1 Å². The van der Waals surface area contributed by atoms with Gasteiger partial charge < -0.3 is 4.84 Å². The molecule has 0 bridgehead atoms. The third-order valence-corrected chi connectivity index (χ3v) is 2.67. The van der Waals surface area contributed by atoms with Crippen molar-refractivity contribution in [3.05, 3.63) is 33.8 Å². The van der Waals surface area contributed by atoms with Crippen molar-refractivity contribution in [2.24, 2.45) is 5.16 Å². The number of hydrogen-bond acceptors (Lipinski definition) is 2. The molecule has 1 heterocycles. The molecular weight excluding hydrogens is 278 g/mol. The molecule has 0 saturated carbocycles. The number of oxime groups is 1. The summed E-state index contributed by atoms with van der Waals surface area (Å²) in [7, 11) is 0. The van der Waals surface area contributed by atoms with Crippen LogP contribution in [-0.2, 0) is 4.84 Å². The minimum absolute atomic E-state index is 0.191. The molecule has 1 atom stereocenters. The molecule has 0 saturated heterocycles. The van der Waals surface area contributed by atoms with Crippen LogP contribution in [-0.4, -0.2) is 18.0 Å². The summed E-state index contributed by atoms with van der Waals surface area (Å²) >= 11 is 11.5. The minimum atomic E-state index is -4.42. The van der Waals surface area contributed by atoms with E-state index in [1.165, 1.54) is 18.2 Å². The molecule has 1 aromatic carbocycles. The summed E-state index contributed by atoms with van der Waals surface area (Å²) in [6, 6.07) is 4.48. The highest BCUT2D eigenvalue weighted by Gasteiger charge is 2.45. The molecule has 0 spiro atoms. The van der Waals surface area contributed by atoms with Crippen LogP contribution in [0.4, 0.5) is 13.2 Å². The highest BCUT2D eigenvalue weighted by atomic mass is 35.5. The molecule has 92 valence electrons. The molecule has 1 aromatic rings. The number of alkyl halides is 3. The lowest BCUT2D eigenvalue weighted by atomic mass is 10.1. The van der Waals surface area contributed by atoms with Crippen LogP contribution in [0.15, 0.2) is 23.4 Å². The maximum Gasteiger partial charge on any atom is 0.428 e. The fourth-order valence-corrected chi connectivity index (χ4v) is 1.97. The lowest BCUT2D eigenvalue weighted by Crippen LogP contribution is -2.28. The maximum atomic E-state index is 12.4. The summed E-state index contributed by atoms with van der Waals surface area (Å²) in [4.78, 5) is 4.34. The van der Waals surface area contributed by atoms with Gasteiger partial charge in [-0.3, -0.25) is 0 Å². The molecule has 17 heavy (non-hydrogen) atoms. The van der Waals surface area contributed by atoms with E-state index in [1.807, 2.05) is 0 Å². The van der Waals surface area contributed by atoms with Crippen molar-refractivity contribution in [1.82, 2.24) is 0 Å². The molecule has 0 fully saturated rings. The van der Waals surface area contributed by atoms with Gasteiger partial charge in [-0.2, -0.15) is 13.2 Å². The van der Waals surface area contributed by atoms with E-state index in [4.69, 9.17) is 23.2 Å².